The van der Waals surface area contributed by atoms with Gasteiger partial charge in [0.2, 0.25) is 5.76 Å². The summed E-state index contributed by atoms with van der Waals surface area (Å²) in [5.74, 6) is 1.17. The van der Waals surface area contributed by atoms with Gasteiger partial charge in [0, 0.05) is 5.69 Å². The van der Waals surface area contributed by atoms with Gasteiger partial charge in [-0.25, -0.2) is 0 Å². The van der Waals surface area contributed by atoms with Crippen LogP contribution in [0.5, 0.6) is 17.2 Å². The van der Waals surface area contributed by atoms with Gasteiger partial charge in [0.1, 0.15) is 11.3 Å². The lowest BCUT2D eigenvalue weighted by Crippen LogP contribution is -2.29. The number of nitrogens with zero attached hydrogens (tertiary/aromatic N) is 1. The molecule has 0 saturated heterocycles. The summed E-state index contributed by atoms with van der Waals surface area (Å²) in [4.78, 5) is 29.6. The van der Waals surface area contributed by atoms with E-state index in [0.717, 1.165) is 30.4 Å². The van der Waals surface area contributed by atoms with E-state index in [1.54, 1.807) is 31.4 Å². The molecule has 0 spiro atoms. The number of aryl methyl sites for hydroxylation is 2. The van der Waals surface area contributed by atoms with Gasteiger partial charge in [-0.05, 0) is 79.4 Å². The first-order valence-corrected chi connectivity index (χ1v) is 13.7. The monoisotopic (exact) mass is 561 g/mol. The van der Waals surface area contributed by atoms with Crippen molar-refractivity contribution in [3.63, 3.8) is 0 Å². The van der Waals surface area contributed by atoms with Crippen molar-refractivity contribution in [2.24, 2.45) is 0 Å². The second-order valence-corrected chi connectivity index (χ2v) is 10.4. The summed E-state index contributed by atoms with van der Waals surface area (Å²) in [6, 6.07) is 13.4. The summed E-state index contributed by atoms with van der Waals surface area (Å²) in [6.45, 7) is 6.59. The number of ether oxygens (including phenoxy) is 3. The molecule has 40 heavy (non-hydrogen) atoms. The van der Waals surface area contributed by atoms with Gasteiger partial charge in [0.25, 0.3) is 5.91 Å². The third kappa shape index (κ3) is 4.79. The second-order valence-electron chi connectivity index (χ2n) is 9.97. The summed E-state index contributed by atoms with van der Waals surface area (Å²) in [5, 5.41) is 0.767. The Kier molecular flexibility index (Phi) is 7.76. The van der Waals surface area contributed by atoms with E-state index in [0.29, 0.717) is 51.1 Å². The van der Waals surface area contributed by atoms with Crippen LogP contribution in [0.3, 0.4) is 0 Å². The smallest absolute Gasteiger partial charge is 0.295 e. The number of rotatable bonds is 9. The molecule has 8 heteroatoms. The van der Waals surface area contributed by atoms with E-state index in [1.165, 1.54) is 12.0 Å². The molecule has 208 valence electrons. The SMILES string of the molecule is CCCCCOc1ccc(C2c3c(oc4cc(C)c(C)cc4c3=O)C(=O)N2c2ccc(OC)c(Cl)c2)cc1OC. The molecular formula is C32H32ClNO6. The highest BCUT2D eigenvalue weighted by Crippen LogP contribution is 2.44. The second kappa shape index (κ2) is 11.3. The number of halogens is 1. The van der Waals surface area contributed by atoms with E-state index < -0.39 is 11.9 Å². The van der Waals surface area contributed by atoms with Gasteiger partial charge >= 0.3 is 0 Å². The summed E-state index contributed by atoms with van der Waals surface area (Å²) >= 11 is 6.47. The zero-order chi connectivity index (χ0) is 28.6. The molecule has 1 aliphatic heterocycles. The van der Waals surface area contributed by atoms with E-state index in [1.807, 2.05) is 38.1 Å². The molecule has 0 aliphatic carbocycles. The van der Waals surface area contributed by atoms with E-state index in [4.69, 9.17) is 30.2 Å². The zero-order valence-electron chi connectivity index (χ0n) is 23.3. The van der Waals surface area contributed by atoms with Gasteiger partial charge in [0.05, 0.1) is 42.8 Å². The summed E-state index contributed by atoms with van der Waals surface area (Å²) < 4.78 is 23.1. The Morgan fingerprint density at radius 2 is 1.62 bits per heavy atom. The molecule has 5 rings (SSSR count). The molecule has 1 aromatic heterocycles. The minimum Gasteiger partial charge on any atom is -0.495 e. The number of hydrogen-bond acceptors (Lipinski definition) is 6. The molecule has 1 atom stereocenters. The van der Waals surface area contributed by atoms with Gasteiger partial charge in [-0.3, -0.25) is 14.5 Å². The Labute approximate surface area is 238 Å². The number of carbonyl (C=O) groups is 1. The zero-order valence-corrected chi connectivity index (χ0v) is 24.1. The van der Waals surface area contributed by atoms with E-state index in [2.05, 4.69) is 6.92 Å². The standard InChI is InChI=1S/C32H32ClNO6/c1-6-7-8-13-39-25-11-9-20(16-27(25)38-5)29-28-30(35)22-14-18(2)19(3)15-26(22)40-31(28)32(36)34(29)21-10-12-24(37-4)23(33)17-21/h9-12,14-17,29H,6-8,13H2,1-5H3. The van der Waals surface area contributed by atoms with Gasteiger partial charge < -0.3 is 18.6 Å². The Bertz CT molecular complexity index is 1660. The largest absolute Gasteiger partial charge is 0.495 e. The predicted octanol–water partition coefficient (Wildman–Crippen LogP) is 7.40. The first kappa shape index (κ1) is 27.6. The average Bonchev–Trinajstić information content (AvgIpc) is 3.24. The third-order valence-corrected chi connectivity index (χ3v) is 7.70. The lowest BCUT2D eigenvalue weighted by molar-refractivity contribution is 0.0971. The number of carbonyl (C=O) groups excluding carboxylic acids is 1. The molecule has 0 N–H and O–H groups in total. The Hall–Kier alpha value is -3.97. The van der Waals surface area contributed by atoms with Crippen LogP contribution in [0, 0.1) is 13.8 Å². The Morgan fingerprint density at radius 1 is 0.900 bits per heavy atom. The Morgan fingerprint density at radius 3 is 2.33 bits per heavy atom. The molecule has 1 aliphatic rings. The number of hydrogen-bond donors (Lipinski definition) is 0. The Balaban J connectivity index is 1.70. The van der Waals surface area contributed by atoms with Crippen molar-refractivity contribution >= 4 is 34.2 Å². The molecule has 4 aromatic rings. The molecule has 0 saturated carbocycles. The van der Waals surface area contributed by atoms with Gasteiger partial charge in [-0.2, -0.15) is 0 Å². The molecule has 1 amide bonds. The van der Waals surface area contributed by atoms with Crippen LogP contribution < -0.4 is 24.5 Å². The number of amides is 1. The lowest BCUT2D eigenvalue weighted by atomic mass is 9.97. The predicted molar refractivity (Wildman–Crippen MR) is 157 cm³/mol. The minimum atomic E-state index is -0.780. The number of anilines is 1. The van der Waals surface area contributed by atoms with Crippen molar-refractivity contribution in [1.82, 2.24) is 0 Å². The first-order valence-electron chi connectivity index (χ1n) is 13.3. The molecular weight excluding hydrogens is 530 g/mol. The maximum Gasteiger partial charge on any atom is 0.295 e. The van der Waals surface area contributed by atoms with Crippen molar-refractivity contribution in [3.8, 4) is 17.2 Å². The summed E-state index contributed by atoms with van der Waals surface area (Å²) in [5.41, 5.74) is 3.50. The number of benzene rings is 3. The highest BCUT2D eigenvalue weighted by Gasteiger charge is 2.44. The molecule has 7 nitrogen and oxygen atoms in total. The maximum atomic E-state index is 14.0. The van der Waals surface area contributed by atoms with Crippen molar-refractivity contribution in [2.45, 2.75) is 46.1 Å². The van der Waals surface area contributed by atoms with Crippen LogP contribution in [0.4, 0.5) is 5.69 Å². The van der Waals surface area contributed by atoms with Crippen LogP contribution in [0.25, 0.3) is 11.0 Å². The highest BCUT2D eigenvalue weighted by atomic mass is 35.5. The third-order valence-electron chi connectivity index (χ3n) is 7.41. The normalized spacial score (nSPS) is 14.5. The lowest BCUT2D eigenvalue weighted by Gasteiger charge is -2.26. The van der Waals surface area contributed by atoms with E-state index >= 15 is 0 Å². The van der Waals surface area contributed by atoms with Crippen molar-refractivity contribution in [3.05, 3.63) is 91.8 Å². The molecule has 0 fully saturated rings. The van der Waals surface area contributed by atoms with Crippen molar-refractivity contribution < 1.29 is 23.4 Å². The maximum absolute atomic E-state index is 14.0. The average molecular weight is 562 g/mol. The van der Waals surface area contributed by atoms with Crippen molar-refractivity contribution in [1.29, 1.82) is 0 Å². The summed E-state index contributed by atoms with van der Waals surface area (Å²) in [7, 11) is 3.09. The van der Waals surface area contributed by atoms with Crippen LogP contribution in [-0.2, 0) is 0 Å². The number of unbranched alkanes of at least 4 members (excludes halogenated alkanes) is 2. The quantitative estimate of drug-likeness (QED) is 0.198. The number of methoxy groups -OCH3 is 2. The van der Waals surface area contributed by atoms with Crippen LogP contribution in [-0.4, -0.2) is 26.7 Å². The van der Waals surface area contributed by atoms with Crippen LogP contribution in [0.15, 0.2) is 57.7 Å². The minimum absolute atomic E-state index is 0.0107. The van der Waals surface area contributed by atoms with Gasteiger partial charge in [-0.15, -0.1) is 0 Å². The van der Waals surface area contributed by atoms with Crippen LogP contribution in [0.2, 0.25) is 5.02 Å². The van der Waals surface area contributed by atoms with Crippen LogP contribution in [0.1, 0.15) is 65.0 Å². The fourth-order valence-corrected chi connectivity index (χ4v) is 5.37. The molecule has 1 unspecified atom stereocenters. The first-order chi connectivity index (χ1) is 19.3. The molecule has 0 radical (unpaired) electrons. The molecule has 2 heterocycles. The fourth-order valence-electron chi connectivity index (χ4n) is 5.12. The molecule has 0 bridgehead atoms. The topological polar surface area (TPSA) is 78.2 Å². The molecule has 3 aromatic carbocycles. The number of fused-ring (bicyclic) bond motifs is 2. The highest BCUT2D eigenvalue weighted by molar-refractivity contribution is 6.32. The van der Waals surface area contributed by atoms with Crippen molar-refractivity contribution in [2.75, 3.05) is 25.7 Å². The van der Waals surface area contributed by atoms with E-state index in [9.17, 15) is 9.59 Å². The fraction of sp³-hybridized carbons (Fsp3) is 0.312. The van der Waals surface area contributed by atoms with Gasteiger partial charge in [0.15, 0.2) is 16.9 Å². The van der Waals surface area contributed by atoms with E-state index in [-0.39, 0.29) is 16.8 Å². The summed E-state index contributed by atoms with van der Waals surface area (Å²) in [6.07, 6.45) is 3.10. The van der Waals surface area contributed by atoms with Crippen LogP contribution >= 0.6 is 11.6 Å². The van der Waals surface area contributed by atoms with Gasteiger partial charge in [-0.1, -0.05) is 37.4 Å².